The summed E-state index contributed by atoms with van der Waals surface area (Å²) in [6.45, 7) is 4.81. The van der Waals surface area contributed by atoms with Crippen molar-refractivity contribution in [3.8, 4) is 5.75 Å². The van der Waals surface area contributed by atoms with Gasteiger partial charge in [0.25, 0.3) is 0 Å². The minimum Gasteiger partial charge on any atom is -0.494 e. The summed E-state index contributed by atoms with van der Waals surface area (Å²) in [5.41, 5.74) is 0. The largest absolute Gasteiger partial charge is 0.494 e. The Bertz CT molecular complexity index is 564. The molecule has 0 amide bonds. The predicted octanol–water partition coefficient (Wildman–Crippen LogP) is 2.39. The Hall–Kier alpha value is -0.340. The monoisotopic (exact) mass is 384 g/mol. The van der Waals surface area contributed by atoms with E-state index in [1.165, 1.54) is 13.2 Å². The normalized spacial score (nSPS) is 11.9. The van der Waals surface area contributed by atoms with Crippen molar-refractivity contribution in [1.29, 1.82) is 0 Å². The van der Waals surface area contributed by atoms with Gasteiger partial charge in [-0.2, -0.15) is 0 Å². The molecule has 5 nitrogen and oxygen atoms in total. The fraction of sp³-hybridized carbons (Fsp3) is 0.500. The van der Waals surface area contributed by atoms with Crippen molar-refractivity contribution in [2.45, 2.75) is 24.8 Å². The van der Waals surface area contributed by atoms with Crippen molar-refractivity contribution in [2.24, 2.45) is 0 Å². The van der Waals surface area contributed by atoms with Gasteiger partial charge in [-0.1, -0.05) is 25.4 Å². The van der Waals surface area contributed by atoms with E-state index < -0.39 is 10.0 Å². The maximum absolute atomic E-state index is 12.3. The van der Waals surface area contributed by atoms with Crippen LogP contribution in [0.1, 0.15) is 13.8 Å². The molecular formula is C12H18BrClN2O3S. The fourth-order valence-electron chi connectivity index (χ4n) is 1.56. The number of halogens is 2. The quantitative estimate of drug-likeness (QED) is 0.707. The first kappa shape index (κ1) is 17.7. The Morgan fingerprint density at radius 1 is 1.35 bits per heavy atom. The molecule has 1 rings (SSSR count). The first-order valence-electron chi connectivity index (χ1n) is 6.04. The molecule has 0 atom stereocenters. The van der Waals surface area contributed by atoms with Crippen LogP contribution in [-0.2, 0) is 10.0 Å². The molecular weight excluding hydrogens is 368 g/mol. The number of hydrogen-bond donors (Lipinski definition) is 2. The summed E-state index contributed by atoms with van der Waals surface area (Å²) in [4.78, 5) is 0.0175. The van der Waals surface area contributed by atoms with Crippen LogP contribution in [0.15, 0.2) is 21.5 Å². The average Bonchev–Trinajstić information content (AvgIpc) is 2.33. The predicted molar refractivity (Wildman–Crippen MR) is 84.0 cm³/mol. The summed E-state index contributed by atoms with van der Waals surface area (Å²) >= 11 is 9.14. The lowest BCUT2D eigenvalue weighted by molar-refractivity contribution is 0.399. The van der Waals surface area contributed by atoms with Gasteiger partial charge in [0.1, 0.15) is 4.90 Å². The van der Waals surface area contributed by atoms with Crippen LogP contribution >= 0.6 is 27.5 Å². The van der Waals surface area contributed by atoms with Gasteiger partial charge in [-0.15, -0.1) is 0 Å². The standard InChI is InChI=1S/C12H18BrClN2O3S/c1-8(2)15-4-5-16-20(17,18)11-7-9(14)6-10(13)12(11)19-3/h6-8,15-16H,4-5H2,1-3H3. The van der Waals surface area contributed by atoms with Crippen molar-refractivity contribution >= 4 is 37.6 Å². The fourth-order valence-corrected chi connectivity index (χ4v) is 3.97. The first-order chi connectivity index (χ1) is 9.27. The minimum atomic E-state index is -3.68. The maximum atomic E-state index is 12.3. The Morgan fingerprint density at radius 3 is 2.55 bits per heavy atom. The van der Waals surface area contributed by atoms with Crippen LogP contribution < -0.4 is 14.8 Å². The first-order valence-corrected chi connectivity index (χ1v) is 8.69. The minimum absolute atomic E-state index is 0.0175. The van der Waals surface area contributed by atoms with Gasteiger partial charge >= 0.3 is 0 Å². The summed E-state index contributed by atoms with van der Waals surface area (Å²) in [5, 5.41) is 3.45. The summed E-state index contributed by atoms with van der Waals surface area (Å²) in [7, 11) is -2.27. The van der Waals surface area contributed by atoms with Crippen molar-refractivity contribution in [1.82, 2.24) is 10.0 Å². The van der Waals surface area contributed by atoms with E-state index in [2.05, 4.69) is 26.0 Å². The third-order valence-corrected chi connectivity index (χ3v) is 4.71. The van der Waals surface area contributed by atoms with E-state index in [0.717, 1.165) is 0 Å². The molecule has 2 N–H and O–H groups in total. The number of methoxy groups -OCH3 is 1. The van der Waals surface area contributed by atoms with E-state index in [0.29, 0.717) is 22.1 Å². The lowest BCUT2D eigenvalue weighted by Crippen LogP contribution is -2.34. The summed E-state index contributed by atoms with van der Waals surface area (Å²) in [5.74, 6) is 0.235. The van der Waals surface area contributed by atoms with Gasteiger partial charge in [0.05, 0.1) is 11.6 Å². The molecule has 0 saturated carbocycles. The second-order valence-electron chi connectivity index (χ2n) is 4.43. The van der Waals surface area contributed by atoms with Gasteiger partial charge < -0.3 is 10.1 Å². The number of sulfonamides is 1. The lowest BCUT2D eigenvalue weighted by Gasteiger charge is -2.13. The zero-order valence-electron chi connectivity index (χ0n) is 11.5. The van der Waals surface area contributed by atoms with Crippen LogP contribution in [0.4, 0.5) is 0 Å². The summed E-state index contributed by atoms with van der Waals surface area (Å²) < 4.78 is 32.7. The molecule has 0 heterocycles. The van der Waals surface area contributed by atoms with Crippen LogP contribution in [0.3, 0.4) is 0 Å². The number of nitrogens with one attached hydrogen (secondary N) is 2. The van der Waals surface area contributed by atoms with Gasteiger partial charge in [0.15, 0.2) is 5.75 Å². The molecule has 8 heteroatoms. The van der Waals surface area contributed by atoms with Crippen molar-refractivity contribution in [3.05, 3.63) is 21.6 Å². The van der Waals surface area contributed by atoms with Crippen molar-refractivity contribution in [2.75, 3.05) is 20.2 Å². The second kappa shape index (κ2) is 7.61. The number of ether oxygens (including phenoxy) is 1. The van der Waals surface area contributed by atoms with Gasteiger partial charge in [-0.25, -0.2) is 13.1 Å². The van der Waals surface area contributed by atoms with E-state index in [4.69, 9.17) is 16.3 Å². The molecule has 0 aliphatic carbocycles. The summed E-state index contributed by atoms with van der Waals surface area (Å²) in [6, 6.07) is 3.25. The SMILES string of the molecule is COc1c(Br)cc(Cl)cc1S(=O)(=O)NCCNC(C)C. The molecule has 0 aromatic heterocycles. The average molecular weight is 386 g/mol. The van der Waals surface area contributed by atoms with Crippen LogP contribution in [0, 0.1) is 0 Å². The van der Waals surface area contributed by atoms with E-state index in [9.17, 15) is 8.42 Å². The molecule has 0 unspecified atom stereocenters. The molecule has 1 aromatic carbocycles. The van der Waals surface area contributed by atoms with Gasteiger partial charge in [-0.05, 0) is 28.1 Å². The third-order valence-electron chi connectivity index (χ3n) is 2.44. The Morgan fingerprint density at radius 2 is 2.00 bits per heavy atom. The molecule has 0 fully saturated rings. The second-order valence-corrected chi connectivity index (χ2v) is 7.45. The zero-order chi connectivity index (χ0) is 15.3. The zero-order valence-corrected chi connectivity index (χ0v) is 14.7. The van der Waals surface area contributed by atoms with Crippen molar-refractivity contribution < 1.29 is 13.2 Å². The molecule has 0 radical (unpaired) electrons. The van der Waals surface area contributed by atoms with E-state index >= 15 is 0 Å². The number of benzene rings is 1. The highest BCUT2D eigenvalue weighted by Gasteiger charge is 2.22. The Kier molecular flexibility index (Phi) is 6.74. The lowest BCUT2D eigenvalue weighted by atomic mass is 10.3. The van der Waals surface area contributed by atoms with E-state index in [1.807, 2.05) is 13.8 Å². The van der Waals surface area contributed by atoms with Gasteiger partial charge in [0, 0.05) is 24.2 Å². The summed E-state index contributed by atoms with van der Waals surface area (Å²) in [6.07, 6.45) is 0. The highest BCUT2D eigenvalue weighted by atomic mass is 79.9. The molecule has 0 bridgehead atoms. The molecule has 1 aromatic rings. The molecule has 0 spiro atoms. The smallest absolute Gasteiger partial charge is 0.244 e. The highest BCUT2D eigenvalue weighted by molar-refractivity contribution is 9.10. The molecule has 0 aliphatic heterocycles. The van der Waals surface area contributed by atoms with Crippen LogP contribution in [0.25, 0.3) is 0 Å². The van der Waals surface area contributed by atoms with Crippen molar-refractivity contribution in [3.63, 3.8) is 0 Å². The Labute approximate surface area is 133 Å². The molecule has 20 heavy (non-hydrogen) atoms. The third kappa shape index (κ3) is 4.89. The molecule has 114 valence electrons. The molecule has 0 saturated heterocycles. The van der Waals surface area contributed by atoms with E-state index in [-0.39, 0.29) is 17.2 Å². The van der Waals surface area contributed by atoms with Crippen LogP contribution in [-0.4, -0.2) is 34.7 Å². The van der Waals surface area contributed by atoms with E-state index in [1.54, 1.807) is 6.07 Å². The Balaban J connectivity index is 2.92. The maximum Gasteiger partial charge on any atom is 0.244 e. The molecule has 0 aliphatic rings. The van der Waals surface area contributed by atoms with Crippen LogP contribution in [0.2, 0.25) is 5.02 Å². The topological polar surface area (TPSA) is 67.4 Å². The van der Waals surface area contributed by atoms with Crippen LogP contribution in [0.5, 0.6) is 5.75 Å². The van der Waals surface area contributed by atoms with Gasteiger partial charge in [0.2, 0.25) is 10.0 Å². The number of rotatable bonds is 7. The van der Waals surface area contributed by atoms with Gasteiger partial charge in [-0.3, -0.25) is 0 Å². The number of hydrogen-bond acceptors (Lipinski definition) is 4. The highest BCUT2D eigenvalue weighted by Crippen LogP contribution is 2.35.